The number of aryl methyl sites for hydroxylation is 2. The summed E-state index contributed by atoms with van der Waals surface area (Å²) in [5.74, 6) is 0.711. The normalized spacial score (nSPS) is 23.1. The number of carbonyl (C=O) groups excluding carboxylic acids is 2. The van der Waals surface area contributed by atoms with Gasteiger partial charge in [-0.1, -0.05) is 12.1 Å². The van der Waals surface area contributed by atoms with Gasteiger partial charge in [-0.05, 0) is 49.4 Å². The molecule has 3 aliphatic rings. The van der Waals surface area contributed by atoms with E-state index < -0.39 is 5.60 Å². The highest BCUT2D eigenvalue weighted by molar-refractivity contribution is 6.00. The summed E-state index contributed by atoms with van der Waals surface area (Å²) in [4.78, 5) is 31.6. The number of likely N-dealkylation sites (tertiary alicyclic amines) is 1. The van der Waals surface area contributed by atoms with Gasteiger partial charge in [-0.25, -0.2) is 4.79 Å². The summed E-state index contributed by atoms with van der Waals surface area (Å²) < 4.78 is 6.20. The van der Waals surface area contributed by atoms with E-state index >= 15 is 0 Å². The number of anilines is 1. The first-order chi connectivity index (χ1) is 13.6. The van der Waals surface area contributed by atoms with E-state index in [9.17, 15) is 9.59 Å². The van der Waals surface area contributed by atoms with Gasteiger partial charge in [0.2, 0.25) is 0 Å². The molecule has 2 aromatic rings. The van der Waals surface area contributed by atoms with Crippen molar-refractivity contribution in [1.82, 2.24) is 9.88 Å². The number of pyridine rings is 1. The molecule has 0 saturated carbocycles. The molecule has 0 radical (unpaired) electrons. The lowest BCUT2D eigenvalue weighted by Gasteiger charge is -2.34. The monoisotopic (exact) mass is 377 g/mol. The highest BCUT2D eigenvalue weighted by Gasteiger charge is 2.47. The molecule has 1 spiro atoms. The number of ether oxygens (including phenoxy) is 1. The van der Waals surface area contributed by atoms with Gasteiger partial charge in [0.15, 0.2) is 5.78 Å². The lowest BCUT2D eigenvalue weighted by Crippen LogP contribution is -2.46. The molecule has 1 saturated heterocycles. The van der Waals surface area contributed by atoms with E-state index in [1.807, 2.05) is 24.3 Å². The molecule has 1 aliphatic carbocycles. The second kappa shape index (κ2) is 6.62. The average molecular weight is 377 g/mol. The van der Waals surface area contributed by atoms with Gasteiger partial charge >= 0.3 is 6.03 Å². The summed E-state index contributed by atoms with van der Waals surface area (Å²) in [5, 5.41) is 2.97. The highest BCUT2D eigenvalue weighted by atomic mass is 16.5. The van der Waals surface area contributed by atoms with E-state index in [0.29, 0.717) is 37.2 Å². The number of rotatable bonds is 1. The van der Waals surface area contributed by atoms with Crippen LogP contribution in [0.4, 0.5) is 10.5 Å². The Hall–Kier alpha value is -2.89. The molecular weight excluding hydrogens is 354 g/mol. The second-order valence-electron chi connectivity index (χ2n) is 8.02. The number of urea groups is 1. The zero-order chi connectivity index (χ0) is 19.1. The number of benzene rings is 1. The Kier molecular flexibility index (Phi) is 4.07. The number of para-hydroxylation sites is 1. The van der Waals surface area contributed by atoms with E-state index in [0.717, 1.165) is 24.2 Å². The lowest BCUT2D eigenvalue weighted by atomic mass is 9.89. The molecule has 1 aromatic carbocycles. The third-order valence-electron chi connectivity index (χ3n) is 6.02. The zero-order valence-electron chi connectivity index (χ0n) is 15.7. The molecule has 5 rings (SSSR count). The van der Waals surface area contributed by atoms with Gasteiger partial charge in [-0.15, -0.1) is 0 Å². The zero-order valence-corrected chi connectivity index (χ0v) is 15.7. The third kappa shape index (κ3) is 3.03. The lowest BCUT2D eigenvalue weighted by molar-refractivity contribution is 0.0482. The van der Waals surface area contributed by atoms with E-state index in [1.54, 1.807) is 17.2 Å². The maximum atomic E-state index is 12.8. The number of nitrogens with zero attached hydrogens (tertiary/aromatic N) is 2. The fourth-order valence-electron chi connectivity index (χ4n) is 4.55. The van der Waals surface area contributed by atoms with Crippen molar-refractivity contribution >= 4 is 17.5 Å². The predicted molar refractivity (Wildman–Crippen MR) is 105 cm³/mol. The number of hydrogen-bond donors (Lipinski definition) is 1. The number of amides is 2. The smallest absolute Gasteiger partial charge is 0.322 e. The van der Waals surface area contributed by atoms with Crippen molar-refractivity contribution in [1.29, 1.82) is 0 Å². The minimum absolute atomic E-state index is 0.0861. The molecule has 6 heteroatoms. The fraction of sp³-hybridized carbons (Fsp3) is 0.409. The summed E-state index contributed by atoms with van der Waals surface area (Å²) >= 11 is 0. The van der Waals surface area contributed by atoms with Gasteiger partial charge in [0.1, 0.15) is 11.4 Å². The minimum Gasteiger partial charge on any atom is -0.484 e. The molecule has 1 N–H and O–H groups in total. The van der Waals surface area contributed by atoms with E-state index in [4.69, 9.17) is 4.74 Å². The van der Waals surface area contributed by atoms with Gasteiger partial charge in [0, 0.05) is 18.7 Å². The van der Waals surface area contributed by atoms with Crippen LogP contribution in [0.3, 0.4) is 0 Å². The standard InChI is InChI=1S/C22H23N3O3/c26-19-12-22(28-20-8-4-2-6-17(19)20)9-10-25(14-22)21(27)24-16-11-15-5-1-3-7-18(15)23-13-16/h2,4,6,8,11,13H,1,3,5,7,9-10,12,14H2,(H,24,27). The molecule has 1 aromatic heterocycles. The predicted octanol–water partition coefficient (Wildman–Crippen LogP) is 3.60. The molecule has 1 fully saturated rings. The highest BCUT2D eigenvalue weighted by Crippen LogP contribution is 2.38. The van der Waals surface area contributed by atoms with Crippen LogP contribution in [0.25, 0.3) is 0 Å². The summed E-state index contributed by atoms with van der Waals surface area (Å²) in [7, 11) is 0. The molecule has 28 heavy (non-hydrogen) atoms. The molecule has 0 bridgehead atoms. The van der Waals surface area contributed by atoms with Gasteiger partial charge in [0.05, 0.1) is 30.4 Å². The Balaban J connectivity index is 1.29. The van der Waals surface area contributed by atoms with Crippen molar-refractivity contribution in [3.63, 3.8) is 0 Å². The van der Waals surface area contributed by atoms with Crippen LogP contribution in [0.5, 0.6) is 5.75 Å². The maximum absolute atomic E-state index is 12.8. The molecule has 3 heterocycles. The van der Waals surface area contributed by atoms with E-state index in [2.05, 4.69) is 10.3 Å². The molecule has 2 aliphatic heterocycles. The van der Waals surface area contributed by atoms with Crippen molar-refractivity contribution in [3.8, 4) is 5.75 Å². The minimum atomic E-state index is -0.614. The van der Waals surface area contributed by atoms with Gasteiger partial charge in [-0.2, -0.15) is 0 Å². The maximum Gasteiger partial charge on any atom is 0.322 e. The van der Waals surface area contributed by atoms with Crippen molar-refractivity contribution < 1.29 is 14.3 Å². The Labute approximate surface area is 163 Å². The molecular formula is C22H23N3O3. The summed E-state index contributed by atoms with van der Waals surface area (Å²) in [6, 6.07) is 9.22. The summed E-state index contributed by atoms with van der Waals surface area (Å²) in [5.41, 5.74) is 3.14. The van der Waals surface area contributed by atoms with Crippen LogP contribution < -0.4 is 10.1 Å². The number of hydrogen-bond acceptors (Lipinski definition) is 4. The SMILES string of the molecule is O=C1CC2(CCN(C(=O)Nc3cnc4c(c3)CCCC4)C2)Oc2ccccc21. The number of fused-ring (bicyclic) bond motifs is 2. The topological polar surface area (TPSA) is 71.5 Å². The fourth-order valence-corrected chi connectivity index (χ4v) is 4.55. The van der Waals surface area contributed by atoms with Crippen LogP contribution in [0, 0.1) is 0 Å². The Bertz CT molecular complexity index is 958. The first-order valence-electron chi connectivity index (χ1n) is 9.97. The Morgan fingerprint density at radius 3 is 3.00 bits per heavy atom. The summed E-state index contributed by atoms with van der Waals surface area (Å²) in [6.45, 7) is 0.983. The van der Waals surface area contributed by atoms with Crippen LogP contribution in [0.2, 0.25) is 0 Å². The van der Waals surface area contributed by atoms with Crippen LogP contribution in [0.15, 0.2) is 36.5 Å². The van der Waals surface area contributed by atoms with Crippen LogP contribution in [-0.4, -0.2) is 40.4 Å². The van der Waals surface area contributed by atoms with Crippen molar-refractivity contribution in [3.05, 3.63) is 53.3 Å². The number of ketones is 1. The van der Waals surface area contributed by atoms with Crippen molar-refractivity contribution in [2.24, 2.45) is 0 Å². The van der Waals surface area contributed by atoms with Crippen LogP contribution in [0.1, 0.15) is 47.3 Å². The molecule has 6 nitrogen and oxygen atoms in total. The van der Waals surface area contributed by atoms with Gasteiger partial charge in [0.25, 0.3) is 0 Å². The van der Waals surface area contributed by atoms with Gasteiger partial charge in [-0.3, -0.25) is 9.78 Å². The second-order valence-corrected chi connectivity index (χ2v) is 8.02. The van der Waals surface area contributed by atoms with Crippen molar-refractivity contribution in [2.45, 2.75) is 44.1 Å². The van der Waals surface area contributed by atoms with Crippen molar-refractivity contribution in [2.75, 3.05) is 18.4 Å². The number of Topliss-reactive ketones (excluding diaryl/α,β-unsaturated/α-hetero) is 1. The first kappa shape index (κ1) is 17.2. The number of carbonyl (C=O) groups is 2. The average Bonchev–Trinajstić information content (AvgIpc) is 3.11. The van der Waals surface area contributed by atoms with Crippen LogP contribution in [-0.2, 0) is 12.8 Å². The molecule has 1 unspecified atom stereocenters. The quantitative estimate of drug-likeness (QED) is 0.824. The largest absolute Gasteiger partial charge is 0.484 e. The van der Waals surface area contributed by atoms with E-state index in [1.165, 1.54) is 18.4 Å². The molecule has 2 amide bonds. The first-order valence-corrected chi connectivity index (χ1v) is 9.97. The number of nitrogens with one attached hydrogen (secondary N) is 1. The molecule has 144 valence electrons. The van der Waals surface area contributed by atoms with Gasteiger partial charge < -0.3 is 15.0 Å². The Morgan fingerprint density at radius 2 is 2.07 bits per heavy atom. The summed E-state index contributed by atoms with van der Waals surface area (Å²) in [6.07, 6.45) is 7.11. The Morgan fingerprint density at radius 1 is 1.21 bits per heavy atom. The number of aromatic nitrogens is 1. The third-order valence-corrected chi connectivity index (χ3v) is 6.02. The van der Waals surface area contributed by atoms with E-state index in [-0.39, 0.29) is 11.8 Å². The van der Waals surface area contributed by atoms with Crippen LogP contribution >= 0.6 is 0 Å². The molecule has 1 atom stereocenters.